The van der Waals surface area contributed by atoms with Gasteiger partial charge in [0.05, 0.1) is 5.92 Å². The van der Waals surface area contributed by atoms with E-state index in [1.807, 2.05) is 0 Å². The molecule has 0 aliphatic heterocycles. The molecular formula is C10H12O5-2. The largest absolute Gasteiger partial charge is 0.851 e. The molecule has 3 atom stereocenters. The lowest BCUT2D eigenvalue weighted by Crippen LogP contribution is -2.51. The Bertz CT molecular complexity index is 296. The molecule has 84 valence electrons. The molecule has 0 saturated heterocycles. The van der Waals surface area contributed by atoms with Gasteiger partial charge >= 0.3 is 0 Å². The van der Waals surface area contributed by atoms with Crippen LogP contribution in [0.4, 0.5) is 0 Å². The molecule has 3 unspecified atom stereocenters. The van der Waals surface area contributed by atoms with Crippen molar-refractivity contribution in [3.63, 3.8) is 0 Å². The van der Waals surface area contributed by atoms with Gasteiger partial charge in [0.1, 0.15) is 11.6 Å². The van der Waals surface area contributed by atoms with Gasteiger partial charge in [-0.3, -0.25) is 9.59 Å². The van der Waals surface area contributed by atoms with E-state index in [-0.39, 0.29) is 19.3 Å². The summed E-state index contributed by atoms with van der Waals surface area (Å²) in [6, 6.07) is 0. The number of aliphatic carboxylic acids is 1. The summed E-state index contributed by atoms with van der Waals surface area (Å²) in [6.45, 7) is 1.58. The number of ketones is 2. The van der Waals surface area contributed by atoms with E-state index >= 15 is 0 Å². The van der Waals surface area contributed by atoms with Crippen LogP contribution >= 0.6 is 0 Å². The minimum atomic E-state index is -1.43. The summed E-state index contributed by atoms with van der Waals surface area (Å²) in [6.07, 6.45) is -1.74. The lowest BCUT2D eigenvalue weighted by atomic mass is 9.76. The maximum absolute atomic E-state index is 11.5. The first-order valence-electron chi connectivity index (χ1n) is 4.89. The van der Waals surface area contributed by atoms with Crippen LogP contribution in [0.5, 0.6) is 0 Å². The Morgan fingerprint density at radius 2 is 2.07 bits per heavy atom. The Balaban J connectivity index is 2.77. The number of carbonyl (C=O) groups is 3. The molecule has 0 spiro atoms. The van der Waals surface area contributed by atoms with E-state index in [0.717, 1.165) is 0 Å². The Labute approximate surface area is 87.1 Å². The number of carboxylic acids is 1. The summed E-state index contributed by atoms with van der Waals surface area (Å²) in [5.74, 6) is -4.50. The fourth-order valence-corrected chi connectivity index (χ4v) is 1.86. The van der Waals surface area contributed by atoms with E-state index in [2.05, 4.69) is 0 Å². The summed E-state index contributed by atoms with van der Waals surface area (Å²) in [5, 5.41) is 22.0. The van der Waals surface area contributed by atoms with Gasteiger partial charge in [-0.25, -0.2) is 0 Å². The molecule has 1 saturated carbocycles. The van der Waals surface area contributed by atoms with Crippen molar-refractivity contribution in [2.45, 2.75) is 32.3 Å². The fourth-order valence-electron chi connectivity index (χ4n) is 1.86. The molecule has 0 bridgehead atoms. The molecule has 0 radical (unpaired) electrons. The monoisotopic (exact) mass is 212 g/mol. The lowest BCUT2D eigenvalue weighted by Gasteiger charge is -2.38. The standard InChI is InChI=1S/C10H13O5/c1-2-6(11)9-7(12)3-5(10(14)15)4-8(9)13/h5,7,9H,2-4H2,1H3,(H,14,15)/q-1/p-1. The maximum atomic E-state index is 11.5. The Hall–Kier alpha value is -1.23. The Morgan fingerprint density at radius 3 is 2.47 bits per heavy atom. The van der Waals surface area contributed by atoms with E-state index in [0.29, 0.717) is 0 Å². The van der Waals surface area contributed by atoms with Crippen LogP contribution < -0.4 is 10.2 Å². The average molecular weight is 212 g/mol. The highest BCUT2D eigenvalue weighted by atomic mass is 16.4. The first-order chi connectivity index (χ1) is 6.97. The van der Waals surface area contributed by atoms with E-state index in [4.69, 9.17) is 0 Å². The van der Waals surface area contributed by atoms with Gasteiger partial charge in [0.15, 0.2) is 0 Å². The van der Waals surface area contributed by atoms with Gasteiger partial charge < -0.3 is 15.0 Å². The smallest absolute Gasteiger partial charge is 0.142 e. The minimum absolute atomic E-state index is 0.130. The predicted molar refractivity (Wildman–Crippen MR) is 45.3 cm³/mol. The third-order valence-corrected chi connectivity index (χ3v) is 2.71. The molecule has 1 aliphatic rings. The van der Waals surface area contributed by atoms with Crippen molar-refractivity contribution < 1.29 is 24.6 Å². The lowest BCUT2D eigenvalue weighted by molar-refractivity contribution is -0.432. The zero-order chi connectivity index (χ0) is 11.6. The van der Waals surface area contributed by atoms with Gasteiger partial charge in [0, 0.05) is 24.7 Å². The van der Waals surface area contributed by atoms with Gasteiger partial charge in [-0.15, -0.1) is 6.10 Å². The van der Waals surface area contributed by atoms with Gasteiger partial charge in [-0.1, -0.05) is 13.3 Å². The highest BCUT2D eigenvalue weighted by Crippen LogP contribution is 2.26. The van der Waals surface area contributed by atoms with Crippen LogP contribution in [0, 0.1) is 11.8 Å². The summed E-state index contributed by atoms with van der Waals surface area (Å²) in [4.78, 5) is 33.2. The molecule has 0 aromatic carbocycles. The molecule has 0 amide bonds. The summed E-state index contributed by atoms with van der Waals surface area (Å²) < 4.78 is 0. The van der Waals surface area contributed by atoms with Crippen LogP contribution in [0.15, 0.2) is 0 Å². The Morgan fingerprint density at radius 1 is 1.47 bits per heavy atom. The molecular weight excluding hydrogens is 200 g/mol. The number of carboxylic acid groups (broad SMARTS) is 1. The molecule has 1 aliphatic carbocycles. The number of Topliss-reactive ketones (excluding diaryl/α,β-unsaturated/α-hetero) is 2. The van der Waals surface area contributed by atoms with E-state index in [1.165, 1.54) is 0 Å². The first kappa shape index (κ1) is 11.8. The summed E-state index contributed by atoms with van der Waals surface area (Å²) in [7, 11) is 0. The molecule has 0 aromatic rings. The zero-order valence-electron chi connectivity index (χ0n) is 8.39. The summed E-state index contributed by atoms with van der Waals surface area (Å²) >= 11 is 0. The highest BCUT2D eigenvalue weighted by molar-refractivity contribution is 6.04. The number of carbonyl (C=O) groups excluding carboxylic acids is 3. The third-order valence-electron chi connectivity index (χ3n) is 2.71. The topological polar surface area (TPSA) is 97.3 Å². The van der Waals surface area contributed by atoms with Crippen LogP contribution in [0.25, 0.3) is 0 Å². The zero-order valence-corrected chi connectivity index (χ0v) is 8.39. The van der Waals surface area contributed by atoms with Crippen molar-refractivity contribution in [1.29, 1.82) is 0 Å². The quantitative estimate of drug-likeness (QED) is 0.506. The number of hydrogen-bond acceptors (Lipinski definition) is 5. The van der Waals surface area contributed by atoms with Crippen LogP contribution in [0.3, 0.4) is 0 Å². The normalized spacial score (nSPS) is 31.3. The minimum Gasteiger partial charge on any atom is -0.851 e. The fraction of sp³-hybridized carbons (Fsp3) is 0.700. The van der Waals surface area contributed by atoms with Gasteiger partial charge in [0.2, 0.25) is 0 Å². The number of hydrogen-bond donors (Lipinski definition) is 0. The summed E-state index contributed by atoms with van der Waals surface area (Å²) in [5.41, 5.74) is 0. The van der Waals surface area contributed by atoms with Crippen LogP contribution in [0.1, 0.15) is 26.2 Å². The number of rotatable bonds is 3. The first-order valence-corrected chi connectivity index (χ1v) is 4.89. The molecule has 5 heteroatoms. The van der Waals surface area contributed by atoms with Crippen LogP contribution in [0.2, 0.25) is 0 Å². The highest BCUT2D eigenvalue weighted by Gasteiger charge is 2.34. The molecule has 5 nitrogen and oxygen atoms in total. The van der Waals surface area contributed by atoms with Crippen molar-refractivity contribution in [3.05, 3.63) is 0 Å². The van der Waals surface area contributed by atoms with Crippen molar-refractivity contribution in [2.75, 3.05) is 0 Å². The van der Waals surface area contributed by atoms with Crippen molar-refractivity contribution in [1.82, 2.24) is 0 Å². The second-order valence-corrected chi connectivity index (χ2v) is 3.76. The van der Waals surface area contributed by atoms with Gasteiger partial charge in [-0.2, -0.15) is 0 Å². The second kappa shape index (κ2) is 4.53. The molecule has 0 heterocycles. The van der Waals surface area contributed by atoms with Crippen molar-refractivity contribution >= 4 is 17.5 Å². The SMILES string of the molecule is CCC(=O)C1C(=O)CC(C(=O)[O-])CC1[O-]. The molecule has 1 rings (SSSR count). The van der Waals surface area contributed by atoms with Gasteiger partial charge in [-0.05, 0) is 0 Å². The third kappa shape index (κ3) is 2.41. The van der Waals surface area contributed by atoms with Crippen LogP contribution in [-0.4, -0.2) is 23.6 Å². The van der Waals surface area contributed by atoms with Crippen molar-refractivity contribution in [3.8, 4) is 0 Å². The molecule has 0 aromatic heterocycles. The van der Waals surface area contributed by atoms with Gasteiger partial charge in [0.25, 0.3) is 0 Å². The van der Waals surface area contributed by atoms with E-state index < -0.39 is 35.5 Å². The molecule has 15 heavy (non-hydrogen) atoms. The predicted octanol–water partition coefficient (Wildman–Crippen LogP) is -1.96. The molecule has 0 N–H and O–H groups in total. The second-order valence-electron chi connectivity index (χ2n) is 3.76. The average Bonchev–Trinajstić information content (AvgIpc) is 2.16. The van der Waals surface area contributed by atoms with E-state index in [1.54, 1.807) is 6.92 Å². The van der Waals surface area contributed by atoms with Crippen molar-refractivity contribution in [2.24, 2.45) is 11.8 Å². The Kier molecular flexibility index (Phi) is 3.57. The van der Waals surface area contributed by atoms with E-state index in [9.17, 15) is 24.6 Å². The maximum Gasteiger partial charge on any atom is 0.142 e. The molecule has 1 fully saturated rings. The van der Waals surface area contributed by atoms with Crippen LogP contribution in [-0.2, 0) is 14.4 Å².